The first kappa shape index (κ1) is 9.04. The highest BCUT2D eigenvalue weighted by Crippen LogP contribution is 2.23. The molecule has 10 heavy (non-hydrogen) atoms. The van der Waals surface area contributed by atoms with Gasteiger partial charge in [0.15, 0.2) is 0 Å². The van der Waals surface area contributed by atoms with Crippen molar-refractivity contribution in [3.8, 4) is 0 Å². The van der Waals surface area contributed by atoms with Crippen LogP contribution in [0.4, 0.5) is 0 Å². The Morgan fingerprint density at radius 1 is 1.10 bits per heavy atom. The third-order valence-electron chi connectivity index (χ3n) is 0.406. The van der Waals surface area contributed by atoms with Gasteiger partial charge in [0, 0.05) is 18.4 Å². The summed E-state index contributed by atoms with van der Waals surface area (Å²) in [6.07, 6.45) is 0. The number of rotatable bonds is 2. The smallest absolute Gasteiger partial charge is 0.247 e. The summed E-state index contributed by atoms with van der Waals surface area (Å²) in [5.74, 6) is -1.50. The van der Waals surface area contributed by atoms with Gasteiger partial charge in [0.25, 0.3) is 0 Å². The lowest BCUT2D eigenvalue weighted by Crippen LogP contribution is -1.95. The minimum absolute atomic E-state index is 0.748. The molecule has 0 aliphatic rings. The molecule has 0 aliphatic carbocycles. The summed E-state index contributed by atoms with van der Waals surface area (Å²) < 4.78 is 18.3. The predicted octanol–water partition coefficient (Wildman–Crippen LogP) is 0.770. The molecule has 0 radical (unpaired) electrons. The van der Waals surface area contributed by atoms with Gasteiger partial charge in [0.05, 0.1) is 0 Å². The number of hydrogen-bond acceptors (Lipinski definition) is 5. The van der Waals surface area contributed by atoms with Crippen LogP contribution in [-0.2, 0) is 23.2 Å². The summed E-state index contributed by atoms with van der Waals surface area (Å²) in [5.41, 5.74) is 0. The van der Waals surface area contributed by atoms with Gasteiger partial charge in [-0.1, -0.05) is 0 Å². The number of hydrogen-bond donors (Lipinski definition) is 0. The Labute approximate surface area is 58.3 Å². The van der Waals surface area contributed by atoms with Gasteiger partial charge in [-0.2, -0.15) is 9.05 Å². The molecule has 0 aromatic rings. The van der Waals surface area contributed by atoms with Gasteiger partial charge < -0.3 is 0 Å². The number of carbonyl (C=O) groups is 2. The van der Waals surface area contributed by atoms with E-state index in [2.05, 4.69) is 9.05 Å². The zero-order valence-electron chi connectivity index (χ0n) is 5.49. The summed E-state index contributed by atoms with van der Waals surface area (Å²) in [7, 11) is -2.61. The highest BCUT2D eigenvalue weighted by molar-refractivity contribution is 7.34. The second kappa shape index (κ2) is 3.95. The van der Waals surface area contributed by atoms with E-state index in [0.29, 0.717) is 0 Å². The Morgan fingerprint density at radius 3 is 1.60 bits per heavy atom. The van der Waals surface area contributed by atoms with E-state index in [-0.39, 0.29) is 0 Å². The van der Waals surface area contributed by atoms with E-state index in [9.17, 15) is 14.2 Å². The van der Waals surface area contributed by atoms with Gasteiger partial charge in [-0.3, -0.25) is 0 Å². The van der Waals surface area contributed by atoms with Gasteiger partial charge in [0.1, 0.15) is 0 Å². The maximum atomic E-state index is 10.3. The van der Waals surface area contributed by atoms with E-state index in [1.807, 2.05) is 0 Å². The molecule has 0 saturated carbocycles. The zero-order valence-corrected chi connectivity index (χ0v) is 6.38. The molecule has 5 nitrogen and oxygen atoms in total. The Bertz CT molecular complexity index is 156. The molecule has 0 bridgehead atoms. The molecule has 0 amide bonds. The first-order valence-electron chi connectivity index (χ1n) is 2.36. The van der Waals surface area contributed by atoms with Crippen LogP contribution in [0, 0.1) is 0 Å². The van der Waals surface area contributed by atoms with Crippen LogP contribution in [0.1, 0.15) is 13.8 Å². The predicted molar refractivity (Wildman–Crippen MR) is 31.1 cm³/mol. The Morgan fingerprint density at radius 2 is 1.40 bits per heavy atom. The minimum atomic E-state index is -2.61. The Hall–Kier alpha value is -0.960. The highest BCUT2D eigenvalue weighted by Gasteiger charge is 2.26. The van der Waals surface area contributed by atoms with Crippen LogP contribution in [0.2, 0.25) is 0 Å². The molecule has 56 valence electrons. The molecule has 0 unspecified atom stereocenters. The minimum Gasteiger partial charge on any atom is -0.247 e. The van der Waals surface area contributed by atoms with Gasteiger partial charge in [-0.15, -0.1) is 0 Å². The van der Waals surface area contributed by atoms with Crippen molar-refractivity contribution < 1.29 is 23.2 Å². The lowest BCUT2D eigenvalue weighted by atomic mass is 10.9. The molecule has 0 fully saturated rings. The van der Waals surface area contributed by atoms with Gasteiger partial charge in [0.2, 0.25) is 0 Å². The summed E-state index contributed by atoms with van der Waals surface area (Å²) in [4.78, 5) is 20.1. The SMILES string of the molecule is CC(=O)O[P+](=O)OC(C)=O. The van der Waals surface area contributed by atoms with E-state index in [4.69, 9.17) is 0 Å². The maximum absolute atomic E-state index is 10.3. The van der Waals surface area contributed by atoms with E-state index >= 15 is 0 Å². The molecule has 0 aromatic heterocycles. The van der Waals surface area contributed by atoms with Gasteiger partial charge in [-0.25, -0.2) is 9.59 Å². The van der Waals surface area contributed by atoms with Crippen LogP contribution in [0.15, 0.2) is 0 Å². The molecule has 0 aromatic carbocycles. The molecular weight excluding hydrogens is 159 g/mol. The van der Waals surface area contributed by atoms with Crippen molar-refractivity contribution in [1.29, 1.82) is 0 Å². The topological polar surface area (TPSA) is 69.7 Å². The fourth-order valence-corrected chi connectivity index (χ4v) is 0.686. The average Bonchev–Trinajstić information content (AvgIpc) is 1.58. The average molecular weight is 165 g/mol. The summed E-state index contributed by atoms with van der Waals surface area (Å²) in [5, 5.41) is 0. The first-order chi connectivity index (χ1) is 4.52. The maximum Gasteiger partial charge on any atom is 0.811 e. The summed E-state index contributed by atoms with van der Waals surface area (Å²) >= 11 is 0. The van der Waals surface area contributed by atoms with Crippen LogP contribution in [0.5, 0.6) is 0 Å². The molecule has 0 N–H and O–H groups in total. The van der Waals surface area contributed by atoms with E-state index in [1.54, 1.807) is 0 Å². The molecule has 0 atom stereocenters. The molecule has 0 heterocycles. The van der Waals surface area contributed by atoms with E-state index < -0.39 is 20.2 Å². The van der Waals surface area contributed by atoms with Crippen molar-refractivity contribution in [3.63, 3.8) is 0 Å². The Balaban J connectivity index is 3.65. The van der Waals surface area contributed by atoms with Crippen molar-refractivity contribution in [2.45, 2.75) is 13.8 Å². The monoisotopic (exact) mass is 165 g/mol. The summed E-state index contributed by atoms with van der Waals surface area (Å²) in [6.45, 7) is 2.13. The van der Waals surface area contributed by atoms with Crippen LogP contribution in [0.25, 0.3) is 0 Å². The molecule has 0 spiro atoms. The molecule has 0 aliphatic heterocycles. The van der Waals surface area contributed by atoms with Crippen LogP contribution >= 0.6 is 8.25 Å². The van der Waals surface area contributed by atoms with Crippen molar-refractivity contribution in [2.75, 3.05) is 0 Å². The largest absolute Gasteiger partial charge is 0.811 e. The van der Waals surface area contributed by atoms with E-state index in [0.717, 1.165) is 13.8 Å². The highest BCUT2D eigenvalue weighted by atomic mass is 31.1. The van der Waals surface area contributed by atoms with Crippen molar-refractivity contribution in [1.82, 2.24) is 0 Å². The third-order valence-corrected chi connectivity index (χ3v) is 1.22. The molecule has 6 heteroatoms. The van der Waals surface area contributed by atoms with Crippen molar-refractivity contribution in [2.24, 2.45) is 0 Å². The van der Waals surface area contributed by atoms with Crippen LogP contribution in [-0.4, -0.2) is 11.9 Å². The van der Waals surface area contributed by atoms with Crippen molar-refractivity contribution >= 4 is 20.2 Å². The zero-order chi connectivity index (χ0) is 8.15. The number of carbonyl (C=O) groups excluding carboxylic acids is 2. The van der Waals surface area contributed by atoms with Crippen LogP contribution < -0.4 is 0 Å². The summed E-state index contributed by atoms with van der Waals surface area (Å²) in [6, 6.07) is 0. The first-order valence-corrected chi connectivity index (χ1v) is 3.46. The third kappa shape index (κ3) is 5.18. The van der Waals surface area contributed by atoms with Gasteiger partial charge >= 0.3 is 20.2 Å². The van der Waals surface area contributed by atoms with Gasteiger partial charge in [-0.05, 0) is 0 Å². The van der Waals surface area contributed by atoms with Crippen LogP contribution in [0.3, 0.4) is 0 Å². The Kier molecular flexibility index (Phi) is 3.57. The molecular formula is C4H6O5P+. The lowest BCUT2D eigenvalue weighted by molar-refractivity contribution is -0.135. The fourth-order valence-electron chi connectivity index (χ4n) is 0.229. The van der Waals surface area contributed by atoms with Crippen molar-refractivity contribution in [3.05, 3.63) is 0 Å². The fraction of sp³-hybridized carbons (Fsp3) is 0.500. The second-order valence-electron chi connectivity index (χ2n) is 1.39. The standard InChI is InChI=1S/C4H6O5P/c1-3(5)8-10(7)9-4(2)6/h1-2H3/q+1. The van der Waals surface area contributed by atoms with E-state index in [1.165, 1.54) is 0 Å². The normalized spacial score (nSPS) is 8.20. The second-order valence-corrected chi connectivity index (χ2v) is 2.20. The molecule has 0 saturated heterocycles. The quantitative estimate of drug-likeness (QED) is 0.565. The lowest BCUT2D eigenvalue weighted by Gasteiger charge is -1.80. The molecule has 0 rings (SSSR count).